The zero-order valence-corrected chi connectivity index (χ0v) is 14.8. The second-order valence-corrected chi connectivity index (χ2v) is 6.21. The number of nitrogens with one attached hydrogen (secondary N) is 1. The molecule has 0 amide bonds. The molecule has 0 aliphatic heterocycles. The van der Waals surface area contributed by atoms with Gasteiger partial charge in [0.25, 0.3) is 0 Å². The maximum absolute atomic E-state index is 5.65. The van der Waals surface area contributed by atoms with Crippen molar-refractivity contribution in [2.45, 2.75) is 26.3 Å². The van der Waals surface area contributed by atoms with Crippen molar-refractivity contribution in [3.05, 3.63) is 63.2 Å². The predicted molar refractivity (Wildman–Crippen MR) is 96.9 cm³/mol. The second kappa shape index (κ2) is 8.39. The van der Waals surface area contributed by atoms with Gasteiger partial charge >= 0.3 is 0 Å². The van der Waals surface area contributed by atoms with Crippen molar-refractivity contribution in [3.63, 3.8) is 0 Å². The van der Waals surface area contributed by atoms with Gasteiger partial charge in [0.15, 0.2) is 0 Å². The summed E-state index contributed by atoms with van der Waals surface area (Å²) in [5, 5.41) is 3.56. The maximum atomic E-state index is 5.65. The van der Waals surface area contributed by atoms with Crippen molar-refractivity contribution in [1.82, 2.24) is 5.32 Å². The van der Waals surface area contributed by atoms with E-state index in [4.69, 9.17) is 4.74 Å². The van der Waals surface area contributed by atoms with Gasteiger partial charge in [-0.3, -0.25) is 0 Å². The van der Waals surface area contributed by atoms with Gasteiger partial charge in [-0.15, -0.1) is 0 Å². The van der Waals surface area contributed by atoms with E-state index in [1.165, 1.54) is 14.7 Å². The van der Waals surface area contributed by atoms with E-state index >= 15 is 0 Å². The molecule has 0 bridgehead atoms. The van der Waals surface area contributed by atoms with E-state index in [-0.39, 0.29) is 6.04 Å². The van der Waals surface area contributed by atoms with Crippen LogP contribution in [0.15, 0.2) is 48.5 Å². The van der Waals surface area contributed by atoms with Crippen LogP contribution in [0.5, 0.6) is 5.75 Å². The molecule has 0 aromatic heterocycles. The van der Waals surface area contributed by atoms with Gasteiger partial charge in [0.1, 0.15) is 5.75 Å². The fourth-order valence-electron chi connectivity index (χ4n) is 2.29. The van der Waals surface area contributed by atoms with Crippen molar-refractivity contribution in [3.8, 4) is 5.75 Å². The quantitative estimate of drug-likeness (QED) is 0.682. The fourth-order valence-corrected chi connectivity index (χ4v) is 2.86. The SMILES string of the molecule is CCCOc1ccc(C(NCC)c2cccc(I)c2)cc1. The molecule has 2 aromatic rings. The van der Waals surface area contributed by atoms with E-state index in [1.54, 1.807) is 0 Å². The smallest absolute Gasteiger partial charge is 0.119 e. The number of benzene rings is 2. The Labute approximate surface area is 141 Å². The van der Waals surface area contributed by atoms with Crippen molar-refractivity contribution in [2.75, 3.05) is 13.2 Å². The summed E-state index contributed by atoms with van der Waals surface area (Å²) in [4.78, 5) is 0. The molecular weight excluding hydrogens is 373 g/mol. The highest BCUT2D eigenvalue weighted by Gasteiger charge is 2.13. The van der Waals surface area contributed by atoms with Gasteiger partial charge in [-0.25, -0.2) is 0 Å². The summed E-state index contributed by atoms with van der Waals surface area (Å²) in [6, 6.07) is 17.3. The van der Waals surface area contributed by atoms with Gasteiger partial charge in [0, 0.05) is 3.57 Å². The van der Waals surface area contributed by atoms with Gasteiger partial charge < -0.3 is 10.1 Å². The van der Waals surface area contributed by atoms with Crippen LogP contribution < -0.4 is 10.1 Å². The molecule has 3 heteroatoms. The summed E-state index contributed by atoms with van der Waals surface area (Å²) in [7, 11) is 0. The highest BCUT2D eigenvalue weighted by molar-refractivity contribution is 14.1. The van der Waals surface area contributed by atoms with Crippen LogP contribution in [0.4, 0.5) is 0 Å². The monoisotopic (exact) mass is 395 g/mol. The van der Waals surface area contributed by atoms with Crippen molar-refractivity contribution >= 4 is 22.6 Å². The number of ether oxygens (including phenoxy) is 1. The molecule has 0 fully saturated rings. The molecule has 0 radical (unpaired) electrons. The molecule has 2 nitrogen and oxygen atoms in total. The van der Waals surface area contributed by atoms with Crippen LogP contribution in [-0.2, 0) is 0 Å². The first kappa shape index (κ1) is 16.3. The third-order valence-electron chi connectivity index (χ3n) is 3.28. The number of rotatable bonds is 7. The van der Waals surface area contributed by atoms with Crippen LogP contribution in [0, 0.1) is 3.57 Å². The van der Waals surface area contributed by atoms with Gasteiger partial charge in [-0.05, 0) is 70.9 Å². The van der Waals surface area contributed by atoms with Gasteiger partial charge in [0.05, 0.1) is 12.6 Å². The highest BCUT2D eigenvalue weighted by atomic mass is 127. The Morgan fingerprint density at radius 3 is 2.43 bits per heavy atom. The standard InChI is InChI=1S/C18H22INO/c1-3-12-21-17-10-8-14(9-11-17)18(20-4-2)15-6-5-7-16(19)13-15/h5-11,13,18,20H,3-4,12H2,1-2H3. The van der Waals surface area contributed by atoms with E-state index in [0.717, 1.165) is 25.3 Å². The second-order valence-electron chi connectivity index (χ2n) is 4.96. The van der Waals surface area contributed by atoms with Crippen molar-refractivity contribution in [2.24, 2.45) is 0 Å². The Kier molecular flexibility index (Phi) is 6.51. The summed E-state index contributed by atoms with van der Waals surface area (Å²) in [6.45, 7) is 5.96. The van der Waals surface area contributed by atoms with Crippen LogP contribution in [0.25, 0.3) is 0 Å². The molecule has 1 unspecified atom stereocenters. The van der Waals surface area contributed by atoms with Crippen molar-refractivity contribution in [1.29, 1.82) is 0 Å². The molecule has 0 saturated heterocycles. The zero-order valence-electron chi connectivity index (χ0n) is 12.6. The Bertz CT molecular complexity index is 553. The lowest BCUT2D eigenvalue weighted by atomic mass is 9.98. The topological polar surface area (TPSA) is 21.3 Å². The molecule has 0 saturated carbocycles. The Hall–Kier alpha value is -1.07. The minimum Gasteiger partial charge on any atom is -0.494 e. The molecule has 1 atom stereocenters. The van der Waals surface area contributed by atoms with Crippen LogP contribution in [0.1, 0.15) is 37.4 Å². The first-order chi connectivity index (χ1) is 10.2. The van der Waals surface area contributed by atoms with Gasteiger partial charge in [-0.2, -0.15) is 0 Å². The normalized spacial score (nSPS) is 12.1. The van der Waals surface area contributed by atoms with Crippen LogP contribution >= 0.6 is 22.6 Å². The molecule has 0 spiro atoms. The van der Waals surface area contributed by atoms with Crippen LogP contribution in [-0.4, -0.2) is 13.2 Å². The Morgan fingerprint density at radius 2 is 1.81 bits per heavy atom. The predicted octanol–water partition coefficient (Wildman–Crippen LogP) is 4.78. The van der Waals surface area contributed by atoms with E-state index in [2.05, 4.69) is 90.3 Å². The zero-order chi connectivity index (χ0) is 15.1. The molecular formula is C18H22INO. The number of halogens is 1. The summed E-state index contributed by atoms with van der Waals surface area (Å²) < 4.78 is 6.91. The van der Waals surface area contributed by atoms with Gasteiger partial charge in [0.2, 0.25) is 0 Å². The summed E-state index contributed by atoms with van der Waals surface area (Å²) >= 11 is 2.36. The molecule has 0 aliphatic carbocycles. The average molecular weight is 395 g/mol. The largest absolute Gasteiger partial charge is 0.494 e. The minimum absolute atomic E-state index is 0.227. The Morgan fingerprint density at radius 1 is 1.05 bits per heavy atom. The van der Waals surface area contributed by atoms with Crippen molar-refractivity contribution < 1.29 is 4.74 Å². The molecule has 2 aromatic carbocycles. The lowest BCUT2D eigenvalue weighted by molar-refractivity contribution is 0.317. The third-order valence-corrected chi connectivity index (χ3v) is 3.95. The number of hydrogen-bond donors (Lipinski definition) is 1. The molecule has 2 rings (SSSR count). The molecule has 112 valence electrons. The summed E-state index contributed by atoms with van der Waals surface area (Å²) in [5.41, 5.74) is 2.56. The molecule has 21 heavy (non-hydrogen) atoms. The molecule has 0 aliphatic rings. The average Bonchev–Trinajstić information content (AvgIpc) is 2.51. The van der Waals surface area contributed by atoms with Crippen LogP contribution in [0.3, 0.4) is 0 Å². The van der Waals surface area contributed by atoms with E-state index in [1.807, 2.05) is 0 Å². The lowest BCUT2D eigenvalue weighted by Gasteiger charge is -2.19. The minimum atomic E-state index is 0.227. The first-order valence-corrected chi connectivity index (χ1v) is 8.54. The van der Waals surface area contributed by atoms with E-state index < -0.39 is 0 Å². The highest BCUT2D eigenvalue weighted by Crippen LogP contribution is 2.25. The Balaban J connectivity index is 2.21. The lowest BCUT2D eigenvalue weighted by Crippen LogP contribution is -2.22. The first-order valence-electron chi connectivity index (χ1n) is 7.46. The van der Waals surface area contributed by atoms with Gasteiger partial charge in [-0.1, -0.05) is 38.1 Å². The fraction of sp³-hybridized carbons (Fsp3) is 0.333. The number of hydrogen-bond acceptors (Lipinski definition) is 2. The summed E-state index contributed by atoms with van der Waals surface area (Å²) in [6.07, 6.45) is 1.03. The van der Waals surface area contributed by atoms with E-state index in [0.29, 0.717) is 0 Å². The van der Waals surface area contributed by atoms with E-state index in [9.17, 15) is 0 Å². The maximum Gasteiger partial charge on any atom is 0.119 e. The summed E-state index contributed by atoms with van der Waals surface area (Å²) in [5.74, 6) is 0.943. The molecule has 0 heterocycles. The third kappa shape index (κ3) is 4.71. The van der Waals surface area contributed by atoms with Crippen LogP contribution in [0.2, 0.25) is 0 Å². The molecule has 1 N–H and O–H groups in total.